The number of hydrogen-bond acceptors (Lipinski definition) is 7. The van der Waals surface area contributed by atoms with Crippen molar-refractivity contribution in [3.05, 3.63) is 52.0 Å². The van der Waals surface area contributed by atoms with E-state index >= 15 is 0 Å². The summed E-state index contributed by atoms with van der Waals surface area (Å²) in [6.07, 6.45) is -0.769. The molecule has 1 saturated heterocycles. The highest BCUT2D eigenvalue weighted by Gasteiger charge is 2.36. The Bertz CT molecular complexity index is 1060. The second kappa shape index (κ2) is 7.75. The van der Waals surface area contributed by atoms with Crippen molar-refractivity contribution in [3.8, 4) is 11.5 Å². The third kappa shape index (κ3) is 3.26. The standard InChI is InChI=1S/C20H18ClN3O6/c1-28-14-6-5-12-15(16(14)29-2)19(26)30-17(12)23-10-3-4-11(13(21)9-10)18(25)24-8-7-22-20(24)27/h3-6,9,17,23H,7-8H2,1-2H3,(H,22,27)/t17-/m1/s1. The van der Waals surface area contributed by atoms with Crippen LogP contribution < -0.4 is 20.1 Å². The van der Waals surface area contributed by atoms with Crippen molar-refractivity contribution in [1.82, 2.24) is 10.2 Å². The molecule has 30 heavy (non-hydrogen) atoms. The van der Waals surface area contributed by atoms with Crippen LogP contribution >= 0.6 is 11.6 Å². The van der Waals surface area contributed by atoms with Gasteiger partial charge in [-0.15, -0.1) is 0 Å². The summed E-state index contributed by atoms with van der Waals surface area (Å²) in [4.78, 5) is 37.7. The molecule has 1 atom stereocenters. The lowest BCUT2D eigenvalue weighted by atomic mass is 10.1. The van der Waals surface area contributed by atoms with E-state index in [4.69, 9.17) is 25.8 Å². The molecule has 2 N–H and O–H groups in total. The number of anilines is 1. The van der Waals surface area contributed by atoms with E-state index in [9.17, 15) is 14.4 Å². The minimum Gasteiger partial charge on any atom is -0.493 e. The van der Waals surface area contributed by atoms with Crippen LogP contribution in [-0.4, -0.2) is 50.1 Å². The first kappa shape index (κ1) is 19.8. The molecule has 0 unspecified atom stereocenters. The van der Waals surface area contributed by atoms with Gasteiger partial charge >= 0.3 is 12.0 Å². The van der Waals surface area contributed by atoms with E-state index in [0.29, 0.717) is 29.3 Å². The van der Waals surface area contributed by atoms with Crippen molar-refractivity contribution >= 4 is 35.2 Å². The molecule has 0 saturated carbocycles. The molecule has 3 amide bonds. The monoisotopic (exact) mass is 431 g/mol. The minimum atomic E-state index is -0.769. The fourth-order valence-corrected chi connectivity index (χ4v) is 3.71. The summed E-state index contributed by atoms with van der Waals surface area (Å²) in [6.45, 7) is 0.691. The van der Waals surface area contributed by atoms with Crippen LogP contribution in [0, 0.1) is 0 Å². The minimum absolute atomic E-state index is 0.168. The predicted molar refractivity (Wildman–Crippen MR) is 107 cm³/mol. The largest absolute Gasteiger partial charge is 0.493 e. The third-order valence-electron chi connectivity index (χ3n) is 4.89. The molecular formula is C20H18ClN3O6. The third-order valence-corrected chi connectivity index (χ3v) is 5.20. The first-order chi connectivity index (χ1) is 14.4. The molecule has 2 aliphatic rings. The molecule has 0 aliphatic carbocycles. The summed E-state index contributed by atoms with van der Waals surface area (Å²) in [5.41, 5.74) is 1.60. The summed E-state index contributed by atoms with van der Waals surface area (Å²) in [5.74, 6) is -0.301. The Labute approximate surface area is 176 Å². The lowest BCUT2D eigenvalue weighted by Gasteiger charge is -2.17. The van der Waals surface area contributed by atoms with E-state index in [1.807, 2.05) is 0 Å². The van der Waals surface area contributed by atoms with Crippen molar-refractivity contribution in [3.63, 3.8) is 0 Å². The molecule has 2 heterocycles. The van der Waals surface area contributed by atoms with Gasteiger partial charge in [0.1, 0.15) is 5.56 Å². The fraction of sp³-hybridized carbons (Fsp3) is 0.250. The Morgan fingerprint density at radius 2 is 2.03 bits per heavy atom. The zero-order valence-electron chi connectivity index (χ0n) is 16.2. The lowest BCUT2D eigenvalue weighted by molar-refractivity contribution is 0.0435. The van der Waals surface area contributed by atoms with Gasteiger partial charge in [0.25, 0.3) is 5.91 Å². The smallest absolute Gasteiger partial charge is 0.344 e. The molecule has 2 aromatic carbocycles. The number of benzene rings is 2. The molecule has 2 aliphatic heterocycles. The second-order valence-electron chi connectivity index (χ2n) is 6.58. The topological polar surface area (TPSA) is 106 Å². The number of cyclic esters (lactones) is 1. The lowest BCUT2D eigenvalue weighted by Crippen LogP contribution is -2.34. The average molecular weight is 432 g/mol. The highest BCUT2D eigenvalue weighted by molar-refractivity contribution is 6.34. The number of nitrogens with one attached hydrogen (secondary N) is 2. The molecule has 1 fully saturated rings. The number of carbonyl (C=O) groups is 3. The van der Waals surface area contributed by atoms with Crippen LogP contribution in [0.5, 0.6) is 11.5 Å². The van der Waals surface area contributed by atoms with Crippen molar-refractivity contribution in [2.24, 2.45) is 0 Å². The maximum Gasteiger partial charge on any atom is 0.344 e. The molecule has 156 valence electrons. The summed E-state index contributed by atoms with van der Waals surface area (Å²) >= 11 is 6.29. The van der Waals surface area contributed by atoms with Gasteiger partial charge in [-0.3, -0.25) is 9.69 Å². The van der Waals surface area contributed by atoms with Gasteiger partial charge in [0, 0.05) is 24.3 Å². The van der Waals surface area contributed by atoms with E-state index in [1.165, 1.54) is 26.4 Å². The van der Waals surface area contributed by atoms with E-state index in [1.54, 1.807) is 18.2 Å². The van der Waals surface area contributed by atoms with Crippen molar-refractivity contribution in [2.45, 2.75) is 6.23 Å². The van der Waals surface area contributed by atoms with Gasteiger partial charge in [0.15, 0.2) is 11.5 Å². The van der Waals surface area contributed by atoms with Crippen LogP contribution in [0.1, 0.15) is 32.5 Å². The van der Waals surface area contributed by atoms with E-state index in [2.05, 4.69) is 10.6 Å². The number of fused-ring (bicyclic) bond motifs is 1. The average Bonchev–Trinajstić information content (AvgIpc) is 3.30. The van der Waals surface area contributed by atoms with Gasteiger partial charge in [-0.2, -0.15) is 0 Å². The van der Waals surface area contributed by atoms with Crippen LogP contribution in [0.25, 0.3) is 0 Å². The number of esters is 1. The van der Waals surface area contributed by atoms with Crippen molar-refractivity contribution in [2.75, 3.05) is 32.6 Å². The highest BCUT2D eigenvalue weighted by atomic mass is 35.5. The SMILES string of the molecule is COc1ccc2c(c1OC)C(=O)O[C@H]2Nc1ccc(C(=O)N2CCNC2=O)c(Cl)c1. The maximum absolute atomic E-state index is 12.5. The second-order valence-corrected chi connectivity index (χ2v) is 6.99. The number of urea groups is 1. The van der Waals surface area contributed by atoms with Crippen molar-refractivity contribution in [1.29, 1.82) is 0 Å². The number of rotatable bonds is 5. The Hall–Kier alpha value is -3.46. The van der Waals surface area contributed by atoms with Crippen LogP contribution in [0.3, 0.4) is 0 Å². The van der Waals surface area contributed by atoms with Gasteiger partial charge in [0.05, 0.1) is 24.8 Å². The number of methoxy groups -OCH3 is 2. The van der Waals surface area contributed by atoms with Crippen LogP contribution in [0.2, 0.25) is 5.02 Å². The fourth-order valence-electron chi connectivity index (χ4n) is 3.45. The van der Waals surface area contributed by atoms with Crippen molar-refractivity contribution < 1.29 is 28.6 Å². The quantitative estimate of drug-likeness (QED) is 0.701. The predicted octanol–water partition coefficient (Wildman–Crippen LogP) is 2.80. The first-order valence-electron chi connectivity index (χ1n) is 9.06. The number of imide groups is 1. The van der Waals surface area contributed by atoms with E-state index in [0.717, 1.165) is 4.90 Å². The summed E-state index contributed by atoms with van der Waals surface area (Å²) in [6, 6.07) is 7.63. The van der Waals surface area contributed by atoms with E-state index < -0.39 is 24.1 Å². The van der Waals surface area contributed by atoms with Gasteiger partial charge < -0.3 is 24.8 Å². The molecule has 0 radical (unpaired) electrons. The number of carbonyl (C=O) groups excluding carboxylic acids is 3. The number of amides is 3. The number of nitrogens with zero attached hydrogens (tertiary/aromatic N) is 1. The summed E-state index contributed by atoms with van der Waals surface area (Å²) < 4.78 is 16.0. The molecule has 4 rings (SSSR count). The normalized spacial score (nSPS) is 17.3. The van der Waals surface area contributed by atoms with Crippen LogP contribution in [-0.2, 0) is 4.74 Å². The van der Waals surface area contributed by atoms with Crippen LogP contribution in [0.15, 0.2) is 30.3 Å². The van der Waals surface area contributed by atoms with Crippen LogP contribution in [0.4, 0.5) is 10.5 Å². The van der Waals surface area contributed by atoms with Gasteiger partial charge in [0.2, 0.25) is 6.23 Å². The Morgan fingerprint density at radius 1 is 1.23 bits per heavy atom. The van der Waals surface area contributed by atoms with Gasteiger partial charge in [-0.05, 0) is 30.3 Å². The summed E-state index contributed by atoms with van der Waals surface area (Å²) in [5, 5.41) is 5.82. The molecule has 10 heteroatoms. The Morgan fingerprint density at radius 3 is 2.67 bits per heavy atom. The first-order valence-corrected chi connectivity index (χ1v) is 9.44. The molecular weight excluding hydrogens is 414 g/mol. The molecule has 0 spiro atoms. The zero-order chi connectivity index (χ0) is 21.4. The molecule has 9 nitrogen and oxygen atoms in total. The number of halogens is 1. The molecule has 0 aromatic heterocycles. The highest BCUT2D eigenvalue weighted by Crippen LogP contribution is 2.42. The van der Waals surface area contributed by atoms with E-state index in [-0.39, 0.29) is 22.7 Å². The maximum atomic E-state index is 12.5. The number of ether oxygens (including phenoxy) is 3. The zero-order valence-corrected chi connectivity index (χ0v) is 16.9. The number of hydrogen-bond donors (Lipinski definition) is 2. The molecule has 2 aromatic rings. The molecule has 0 bridgehead atoms. The van der Waals surface area contributed by atoms with Gasteiger partial charge in [-0.25, -0.2) is 9.59 Å². The van der Waals surface area contributed by atoms with Gasteiger partial charge in [-0.1, -0.05) is 11.6 Å². The Balaban J connectivity index is 1.58. The summed E-state index contributed by atoms with van der Waals surface area (Å²) in [7, 11) is 2.93. The Kier molecular flexibility index (Phi) is 5.13.